The third-order valence-corrected chi connectivity index (χ3v) is 5.24. The van der Waals surface area contributed by atoms with Crippen molar-refractivity contribution in [3.63, 3.8) is 0 Å². The zero-order valence-electron chi connectivity index (χ0n) is 11.3. The van der Waals surface area contributed by atoms with Crippen molar-refractivity contribution in [1.82, 2.24) is 9.62 Å². The van der Waals surface area contributed by atoms with Gasteiger partial charge in [-0.3, -0.25) is 0 Å². The van der Waals surface area contributed by atoms with Crippen molar-refractivity contribution in [2.24, 2.45) is 5.41 Å². The summed E-state index contributed by atoms with van der Waals surface area (Å²) in [5.41, 5.74) is 0.135. The van der Waals surface area contributed by atoms with E-state index in [0.717, 1.165) is 32.2 Å². The molecule has 0 bridgehead atoms. The Labute approximate surface area is 106 Å². The topological polar surface area (TPSA) is 49.4 Å². The molecule has 17 heavy (non-hydrogen) atoms. The first-order valence-corrected chi connectivity index (χ1v) is 8.11. The molecule has 1 heterocycles. The molecule has 1 aliphatic rings. The molecule has 5 heteroatoms. The second-order valence-corrected chi connectivity index (χ2v) is 7.82. The van der Waals surface area contributed by atoms with Gasteiger partial charge in [-0.2, -0.15) is 0 Å². The highest BCUT2D eigenvalue weighted by molar-refractivity contribution is 7.89. The Bertz CT molecular complexity index is 325. The van der Waals surface area contributed by atoms with Crippen molar-refractivity contribution >= 4 is 10.0 Å². The van der Waals surface area contributed by atoms with Crippen LogP contribution in [0.4, 0.5) is 0 Å². The van der Waals surface area contributed by atoms with Crippen LogP contribution in [0.25, 0.3) is 0 Å². The minimum atomic E-state index is -3.03. The van der Waals surface area contributed by atoms with E-state index in [0.29, 0.717) is 18.8 Å². The van der Waals surface area contributed by atoms with Gasteiger partial charge in [0.05, 0.1) is 5.75 Å². The first-order chi connectivity index (χ1) is 7.87. The predicted octanol–water partition coefficient (Wildman–Crippen LogP) is 1.44. The first-order valence-electron chi connectivity index (χ1n) is 6.50. The van der Waals surface area contributed by atoms with Crippen molar-refractivity contribution in [3.05, 3.63) is 0 Å². The molecule has 0 unspecified atom stereocenters. The van der Waals surface area contributed by atoms with E-state index in [2.05, 4.69) is 19.2 Å². The monoisotopic (exact) mass is 262 g/mol. The molecule has 1 fully saturated rings. The number of nitrogens with one attached hydrogen (secondary N) is 1. The Morgan fingerprint density at radius 1 is 1.29 bits per heavy atom. The Morgan fingerprint density at radius 3 is 2.59 bits per heavy atom. The van der Waals surface area contributed by atoms with Gasteiger partial charge in [0.15, 0.2) is 0 Å². The molecule has 4 nitrogen and oxygen atoms in total. The Balaban J connectivity index is 2.46. The van der Waals surface area contributed by atoms with E-state index in [1.165, 1.54) is 0 Å². The third kappa shape index (κ3) is 4.94. The molecular weight excluding hydrogens is 236 g/mol. The molecule has 0 amide bonds. The number of sulfonamides is 1. The summed E-state index contributed by atoms with van der Waals surface area (Å²) in [6.07, 6.45) is 3.79. The van der Waals surface area contributed by atoms with Crippen molar-refractivity contribution < 1.29 is 8.42 Å². The standard InChI is InChI=1S/C12H26N2O2S/c1-12(2)7-6-9-14(11-12)17(15,16)10-5-4-8-13-3/h13H,4-11H2,1-3H3. The van der Waals surface area contributed by atoms with E-state index in [4.69, 9.17) is 0 Å². The van der Waals surface area contributed by atoms with Crippen LogP contribution in [0.15, 0.2) is 0 Å². The average molecular weight is 262 g/mol. The van der Waals surface area contributed by atoms with Gasteiger partial charge in [0.25, 0.3) is 0 Å². The highest BCUT2D eigenvalue weighted by Gasteiger charge is 2.32. The summed E-state index contributed by atoms with van der Waals surface area (Å²) >= 11 is 0. The molecular formula is C12H26N2O2S. The molecule has 0 aromatic heterocycles. The second kappa shape index (κ2) is 6.16. The summed E-state index contributed by atoms with van der Waals surface area (Å²) in [4.78, 5) is 0. The van der Waals surface area contributed by atoms with Crippen molar-refractivity contribution in [1.29, 1.82) is 0 Å². The van der Waals surface area contributed by atoms with E-state index >= 15 is 0 Å². The Morgan fingerprint density at radius 2 is 2.00 bits per heavy atom. The van der Waals surface area contributed by atoms with Gasteiger partial charge in [-0.15, -0.1) is 0 Å². The van der Waals surface area contributed by atoms with Crippen LogP contribution in [0.5, 0.6) is 0 Å². The number of hydrogen-bond donors (Lipinski definition) is 1. The summed E-state index contributed by atoms with van der Waals surface area (Å²) in [6.45, 7) is 6.57. The van der Waals surface area contributed by atoms with Crippen LogP contribution in [-0.2, 0) is 10.0 Å². The van der Waals surface area contributed by atoms with Crippen LogP contribution in [0.3, 0.4) is 0 Å². The Kier molecular flexibility index (Phi) is 5.41. The zero-order chi connectivity index (χ0) is 12.9. The van der Waals surface area contributed by atoms with E-state index < -0.39 is 10.0 Å². The van der Waals surface area contributed by atoms with Gasteiger partial charge in [0, 0.05) is 13.1 Å². The molecule has 0 atom stereocenters. The van der Waals surface area contributed by atoms with Crippen molar-refractivity contribution in [2.45, 2.75) is 39.5 Å². The summed E-state index contributed by atoms with van der Waals surface area (Å²) in [6, 6.07) is 0. The van der Waals surface area contributed by atoms with Gasteiger partial charge in [0.1, 0.15) is 0 Å². The minimum Gasteiger partial charge on any atom is -0.320 e. The number of unbranched alkanes of at least 4 members (excludes halogenated alkanes) is 1. The normalized spacial score (nSPS) is 21.6. The molecule has 1 aliphatic heterocycles. The molecule has 0 aromatic rings. The van der Waals surface area contributed by atoms with Crippen LogP contribution in [0, 0.1) is 5.41 Å². The number of nitrogens with zero attached hydrogens (tertiary/aromatic N) is 1. The number of piperidine rings is 1. The highest BCUT2D eigenvalue weighted by atomic mass is 32.2. The van der Waals surface area contributed by atoms with Gasteiger partial charge in [-0.25, -0.2) is 12.7 Å². The van der Waals surface area contributed by atoms with E-state index in [-0.39, 0.29) is 5.41 Å². The van der Waals surface area contributed by atoms with Crippen LogP contribution < -0.4 is 5.32 Å². The quantitative estimate of drug-likeness (QED) is 0.737. The summed E-state index contributed by atoms with van der Waals surface area (Å²) < 4.78 is 26.0. The molecule has 0 aliphatic carbocycles. The van der Waals surface area contributed by atoms with Crippen molar-refractivity contribution in [2.75, 3.05) is 32.4 Å². The van der Waals surface area contributed by atoms with Gasteiger partial charge in [0.2, 0.25) is 10.0 Å². The first kappa shape index (κ1) is 14.9. The van der Waals surface area contributed by atoms with Crippen molar-refractivity contribution in [3.8, 4) is 0 Å². The van der Waals surface area contributed by atoms with Crippen LogP contribution in [-0.4, -0.2) is 45.2 Å². The van der Waals surface area contributed by atoms with Crippen LogP contribution in [0.1, 0.15) is 39.5 Å². The summed E-state index contributed by atoms with van der Waals surface area (Å²) in [7, 11) is -1.14. The lowest BCUT2D eigenvalue weighted by molar-refractivity contribution is 0.187. The second-order valence-electron chi connectivity index (χ2n) is 5.73. The van der Waals surface area contributed by atoms with Gasteiger partial charge in [-0.05, 0) is 44.7 Å². The molecule has 0 aromatic carbocycles. The fourth-order valence-corrected chi connectivity index (χ4v) is 4.10. The number of hydrogen-bond acceptors (Lipinski definition) is 3. The predicted molar refractivity (Wildman–Crippen MR) is 71.5 cm³/mol. The van der Waals surface area contributed by atoms with Gasteiger partial charge >= 0.3 is 0 Å². The van der Waals surface area contributed by atoms with Gasteiger partial charge < -0.3 is 5.32 Å². The SMILES string of the molecule is CNCCCCS(=O)(=O)N1CCCC(C)(C)C1. The lowest BCUT2D eigenvalue weighted by Crippen LogP contribution is -2.44. The fourth-order valence-electron chi connectivity index (χ4n) is 2.32. The lowest BCUT2D eigenvalue weighted by Gasteiger charge is -2.37. The molecule has 0 saturated carbocycles. The molecule has 1 saturated heterocycles. The molecule has 0 spiro atoms. The summed E-state index contributed by atoms with van der Waals surface area (Å²) in [5.74, 6) is 0.296. The van der Waals surface area contributed by atoms with Crippen LogP contribution in [0.2, 0.25) is 0 Å². The van der Waals surface area contributed by atoms with Crippen LogP contribution >= 0.6 is 0 Å². The van der Waals surface area contributed by atoms with E-state index in [9.17, 15) is 8.42 Å². The minimum absolute atomic E-state index is 0.135. The van der Waals surface area contributed by atoms with E-state index in [1.54, 1.807) is 4.31 Å². The molecule has 0 radical (unpaired) electrons. The molecule has 102 valence electrons. The maximum absolute atomic E-state index is 12.1. The maximum atomic E-state index is 12.1. The fraction of sp³-hybridized carbons (Fsp3) is 1.00. The van der Waals surface area contributed by atoms with Gasteiger partial charge in [-0.1, -0.05) is 13.8 Å². The molecule has 1 N–H and O–H groups in total. The number of rotatable bonds is 6. The largest absolute Gasteiger partial charge is 0.320 e. The lowest BCUT2D eigenvalue weighted by atomic mass is 9.85. The smallest absolute Gasteiger partial charge is 0.214 e. The Hall–Kier alpha value is -0.130. The maximum Gasteiger partial charge on any atom is 0.214 e. The zero-order valence-corrected chi connectivity index (χ0v) is 12.1. The summed E-state index contributed by atoms with van der Waals surface area (Å²) in [5, 5.41) is 3.04. The average Bonchev–Trinajstić information content (AvgIpc) is 2.23. The highest BCUT2D eigenvalue weighted by Crippen LogP contribution is 2.30. The van der Waals surface area contributed by atoms with E-state index in [1.807, 2.05) is 7.05 Å². The third-order valence-electron chi connectivity index (χ3n) is 3.34. The molecule has 1 rings (SSSR count).